The molecule has 0 aromatic carbocycles. The summed E-state index contributed by atoms with van der Waals surface area (Å²) in [5.74, 6) is 5.29. The molecule has 1 aromatic rings. The third kappa shape index (κ3) is 3.85. The van der Waals surface area contributed by atoms with Gasteiger partial charge in [0, 0.05) is 19.6 Å². The maximum Gasteiger partial charge on any atom is 0.219 e. The number of nitrogens with one attached hydrogen (secondary N) is 1. The number of nitrogens with two attached hydrogens (primary N) is 1. The Morgan fingerprint density at radius 1 is 1.22 bits per heavy atom. The Bertz CT molecular complexity index is 360. The Morgan fingerprint density at radius 2 is 2.00 bits per heavy atom. The van der Waals surface area contributed by atoms with Gasteiger partial charge in [-0.05, 0) is 19.5 Å². The zero-order valence-electron chi connectivity index (χ0n) is 10.4. The summed E-state index contributed by atoms with van der Waals surface area (Å²) in [4.78, 5) is 4.67. The van der Waals surface area contributed by atoms with Gasteiger partial charge in [-0.2, -0.15) is 0 Å². The number of hydrogen-bond acceptors (Lipinski definition) is 8. The zero-order chi connectivity index (χ0) is 12.8. The Balaban J connectivity index is 1.82. The highest BCUT2D eigenvalue weighted by molar-refractivity contribution is 7.15. The van der Waals surface area contributed by atoms with Crippen molar-refractivity contribution in [1.29, 1.82) is 0 Å². The molecule has 0 spiro atoms. The van der Waals surface area contributed by atoms with E-state index in [0.29, 0.717) is 5.13 Å². The van der Waals surface area contributed by atoms with Crippen LogP contribution in [0.25, 0.3) is 0 Å². The summed E-state index contributed by atoms with van der Waals surface area (Å²) in [5.41, 5.74) is 2.51. The zero-order valence-corrected chi connectivity index (χ0v) is 11.2. The Kier molecular flexibility index (Phi) is 5.26. The Morgan fingerprint density at radius 3 is 2.72 bits per heavy atom. The van der Waals surface area contributed by atoms with E-state index in [0.717, 1.165) is 50.7 Å². The summed E-state index contributed by atoms with van der Waals surface area (Å²) in [6.07, 6.45) is 1.13. The van der Waals surface area contributed by atoms with E-state index in [1.54, 1.807) is 0 Å². The van der Waals surface area contributed by atoms with Crippen LogP contribution in [0.2, 0.25) is 0 Å². The Hall–Kier alpha value is -0.800. The van der Waals surface area contributed by atoms with Gasteiger partial charge in [0.2, 0.25) is 5.13 Å². The van der Waals surface area contributed by atoms with E-state index in [2.05, 4.69) is 25.4 Å². The number of β-amino-alcohol motifs (C(OH)–C–C–N with tert-alkyl or cyclic N) is 1. The van der Waals surface area contributed by atoms with Crippen LogP contribution < -0.4 is 11.3 Å². The number of rotatable bonds is 5. The first-order valence-corrected chi connectivity index (χ1v) is 6.98. The lowest BCUT2D eigenvalue weighted by Gasteiger charge is -2.19. The topological polar surface area (TPSA) is 90.5 Å². The standard InChI is InChI=1S/C10H20N6OS/c11-12-10-14-13-9(18-10)8-16-3-1-2-15(4-5-16)6-7-17/h17H,1-8,11H2,(H,12,14). The molecule has 7 nitrogen and oxygen atoms in total. The van der Waals surface area contributed by atoms with Crippen LogP contribution in [0.4, 0.5) is 5.13 Å². The van der Waals surface area contributed by atoms with E-state index in [9.17, 15) is 0 Å². The minimum atomic E-state index is 0.238. The van der Waals surface area contributed by atoms with Crippen molar-refractivity contribution in [3.8, 4) is 0 Å². The summed E-state index contributed by atoms with van der Waals surface area (Å²) < 4.78 is 0. The molecule has 2 rings (SSSR count). The number of nitrogens with zero attached hydrogens (tertiary/aromatic N) is 4. The van der Waals surface area contributed by atoms with Crippen molar-refractivity contribution in [2.24, 2.45) is 5.84 Å². The number of hydrogen-bond donors (Lipinski definition) is 3. The highest BCUT2D eigenvalue weighted by atomic mass is 32.1. The number of hydrazine groups is 1. The number of nitrogen functional groups attached to an aromatic ring is 1. The van der Waals surface area contributed by atoms with Gasteiger partial charge < -0.3 is 5.11 Å². The lowest BCUT2D eigenvalue weighted by molar-refractivity contribution is 0.196. The van der Waals surface area contributed by atoms with Crippen LogP contribution in [0.1, 0.15) is 11.4 Å². The van der Waals surface area contributed by atoms with Gasteiger partial charge in [-0.15, -0.1) is 10.2 Å². The average Bonchev–Trinajstić information content (AvgIpc) is 2.71. The van der Waals surface area contributed by atoms with E-state index >= 15 is 0 Å². The molecule has 0 unspecified atom stereocenters. The van der Waals surface area contributed by atoms with Gasteiger partial charge >= 0.3 is 0 Å². The summed E-state index contributed by atoms with van der Waals surface area (Å²) >= 11 is 1.49. The minimum Gasteiger partial charge on any atom is -0.395 e. The molecule has 1 aromatic heterocycles. The molecule has 1 saturated heterocycles. The van der Waals surface area contributed by atoms with Gasteiger partial charge in [-0.1, -0.05) is 11.3 Å². The SMILES string of the molecule is NNc1nnc(CN2CCCN(CCO)CC2)s1. The van der Waals surface area contributed by atoms with Crippen molar-refractivity contribution in [1.82, 2.24) is 20.0 Å². The molecule has 0 bridgehead atoms. The van der Waals surface area contributed by atoms with E-state index in [1.165, 1.54) is 11.3 Å². The van der Waals surface area contributed by atoms with Gasteiger partial charge in [0.1, 0.15) is 5.01 Å². The smallest absolute Gasteiger partial charge is 0.219 e. The summed E-state index contributed by atoms with van der Waals surface area (Å²) in [6, 6.07) is 0. The number of anilines is 1. The van der Waals surface area contributed by atoms with Crippen LogP contribution in [0.5, 0.6) is 0 Å². The minimum absolute atomic E-state index is 0.238. The van der Waals surface area contributed by atoms with Crippen LogP contribution in [0, 0.1) is 0 Å². The van der Waals surface area contributed by atoms with Crippen LogP contribution in [0.3, 0.4) is 0 Å². The molecule has 8 heteroatoms. The molecule has 0 atom stereocenters. The summed E-state index contributed by atoms with van der Waals surface area (Å²) in [7, 11) is 0. The molecular formula is C10H20N6OS. The van der Waals surface area contributed by atoms with Crippen LogP contribution in [0.15, 0.2) is 0 Å². The molecule has 2 heterocycles. The molecule has 4 N–H and O–H groups in total. The first-order chi connectivity index (χ1) is 8.81. The second-order valence-electron chi connectivity index (χ2n) is 4.34. The molecule has 0 aliphatic carbocycles. The molecular weight excluding hydrogens is 252 g/mol. The van der Waals surface area contributed by atoms with Crippen molar-refractivity contribution in [3.63, 3.8) is 0 Å². The van der Waals surface area contributed by atoms with Crippen molar-refractivity contribution in [3.05, 3.63) is 5.01 Å². The first kappa shape index (κ1) is 13.6. The predicted octanol–water partition coefficient (Wildman–Crippen LogP) is -0.676. The maximum atomic E-state index is 8.95. The highest BCUT2D eigenvalue weighted by Gasteiger charge is 2.16. The van der Waals surface area contributed by atoms with E-state index in [-0.39, 0.29) is 6.61 Å². The second kappa shape index (κ2) is 6.95. The van der Waals surface area contributed by atoms with Gasteiger partial charge in [0.15, 0.2) is 0 Å². The van der Waals surface area contributed by atoms with Gasteiger partial charge in [-0.3, -0.25) is 15.2 Å². The molecule has 102 valence electrons. The van der Waals surface area contributed by atoms with E-state index in [1.807, 2.05) is 0 Å². The normalized spacial score (nSPS) is 18.8. The monoisotopic (exact) mass is 272 g/mol. The number of aliphatic hydroxyl groups is 1. The van der Waals surface area contributed by atoms with Crippen LogP contribution in [-0.4, -0.2) is 64.4 Å². The lowest BCUT2D eigenvalue weighted by atomic mass is 10.4. The van der Waals surface area contributed by atoms with Crippen LogP contribution in [-0.2, 0) is 6.54 Å². The third-order valence-electron chi connectivity index (χ3n) is 3.05. The van der Waals surface area contributed by atoms with Crippen molar-refractivity contribution < 1.29 is 5.11 Å². The van der Waals surface area contributed by atoms with Gasteiger partial charge in [0.05, 0.1) is 13.2 Å². The quantitative estimate of drug-likeness (QED) is 0.483. The largest absolute Gasteiger partial charge is 0.395 e. The summed E-state index contributed by atoms with van der Waals surface area (Å²) in [5, 5.41) is 18.6. The fourth-order valence-corrected chi connectivity index (χ4v) is 2.81. The lowest BCUT2D eigenvalue weighted by Crippen LogP contribution is -2.32. The van der Waals surface area contributed by atoms with Crippen molar-refractivity contribution in [2.75, 3.05) is 44.8 Å². The second-order valence-corrected chi connectivity index (χ2v) is 5.40. The number of aromatic nitrogens is 2. The molecule has 1 aliphatic rings. The van der Waals surface area contributed by atoms with Crippen molar-refractivity contribution in [2.45, 2.75) is 13.0 Å². The first-order valence-electron chi connectivity index (χ1n) is 6.16. The molecule has 1 fully saturated rings. The third-order valence-corrected chi connectivity index (χ3v) is 3.89. The fourth-order valence-electron chi connectivity index (χ4n) is 2.11. The fraction of sp³-hybridized carbons (Fsp3) is 0.800. The summed E-state index contributed by atoms with van der Waals surface area (Å²) in [6.45, 7) is 5.96. The van der Waals surface area contributed by atoms with Crippen molar-refractivity contribution >= 4 is 16.5 Å². The maximum absolute atomic E-state index is 8.95. The van der Waals surface area contributed by atoms with E-state index < -0.39 is 0 Å². The molecule has 0 amide bonds. The molecule has 1 aliphatic heterocycles. The van der Waals surface area contributed by atoms with Gasteiger partial charge in [0.25, 0.3) is 0 Å². The van der Waals surface area contributed by atoms with Crippen LogP contribution >= 0.6 is 11.3 Å². The molecule has 18 heavy (non-hydrogen) atoms. The molecule has 0 radical (unpaired) electrons. The van der Waals surface area contributed by atoms with E-state index in [4.69, 9.17) is 10.9 Å². The molecule has 0 saturated carbocycles. The average molecular weight is 272 g/mol. The Labute approximate surface area is 111 Å². The highest BCUT2D eigenvalue weighted by Crippen LogP contribution is 2.16. The predicted molar refractivity (Wildman–Crippen MR) is 71.1 cm³/mol. The number of aliphatic hydroxyl groups excluding tert-OH is 1. The van der Waals surface area contributed by atoms with Gasteiger partial charge in [-0.25, -0.2) is 5.84 Å².